The van der Waals surface area contributed by atoms with E-state index >= 15 is 0 Å². The predicted octanol–water partition coefficient (Wildman–Crippen LogP) is 7.43. The molecule has 2 atom stereocenters. The molecule has 5 aromatic rings. The maximum atomic E-state index is 13.2. The van der Waals surface area contributed by atoms with Gasteiger partial charge >= 0.3 is 18.3 Å². The zero-order chi connectivity index (χ0) is 40.9. The van der Waals surface area contributed by atoms with Crippen molar-refractivity contribution in [2.24, 2.45) is 0 Å². The molecule has 0 saturated carbocycles. The molecule has 3 amide bonds. The number of pyridine rings is 1. The van der Waals surface area contributed by atoms with Crippen LogP contribution in [0.2, 0.25) is 0 Å². The SMILES string of the molecule is Cc1cc(N2C[C@H](C)n3ncc(C(=O)Nc4cccnc4)c3C2=O)ccc1C(F)(F)F.Cc1cc(N2C[C@H](C)n3ncc(C(=O)O)c3C2=O)ccc1C(F)(F)F.S.S. The third-order valence-corrected chi connectivity index (χ3v) is 9.26. The Morgan fingerprint density at radius 2 is 1.17 bits per heavy atom. The van der Waals surface area contributed by atoms with E-state index in [9.17, 15) is 50.6 Å². The number of aromatic carboxylic acids is 1. The molecule has 7 rings (SSSR count). The molecule has 0 aliphatic carbocycles. The number of amides is 3. The van der Waals surface area contributed by atoms with Crippen LogP contribution < -0.4 is 15.1 Å². The molecular weight excluding hydrogens is 815 g/mol. The summed E-state index contributed by atoms with van der Waals surface area (Å²) in [5.41, 5.74) is -0.610. The zero-order valence-electron chi connectivity index (χ0n) is 31.0. The first kappa shape index (κ1) is 44.9. The molecule has 5 heterocycles. The summed E-state index contributed by atoms with van der Waals surface area (Å²) < 4.78 is 80.8. The van der Waals surface area contributed by atoms with Crippen LogP contribution in [0.25, 0.3) is 0 Å². The van der Waals surface area contributed by atoms with Gasteiger partial charge in [-0.15, -0.1) is 0 Å². The van der Waals surface area contributed by atoms with Crippen molar-refractivity contribution in [3.8, 4) is 0 Å². The van der Waals surface area contributed by atoms with Crippen molar-refractivity contribution in [1.29, 1.82) is 0 Å². The summed E-state index contributed by atoms with van der Waals surface area (Å²) in [7, 11) is 0. The molecule has 58 heavy (non-hydrogen) atoms. The maximum Gasteiger partial charge on any atom is 0.416 e. The standard InChI is InChI=1S/C21H18F3N5O2.C16H14F3N3O3.2H2S/c1-12-8-15(5-6-17(12)21(22,23)24)28-11-13(2)29-18(20(28)31)16(10-26-29)19(30)27-14-4-3-7-25-9-14;1-8-5-10(3-4-12(8)16(17,18)19)21-7-9(2)22-13(14(21)23)11(6-20-22)15(24)25;;/h3-10,13H,11H2,1-2H3,(H,27,30);3-6,9H,7H2,1-2H3,(H,24,25);2*1H2/t13-;9-;;/m00../s1. The van der Waals surface area contributed by atoms with Gasteiger partial charge in [0, 0.05) is 30.7 Å². The smallest absolute Gasteiger partial charge is 0.416 e. The van der Waals surface area contributed by atoms with Gasteiger partial charge in [0.1, 0.15) is 17.0 Å². The summed E-state index contributed by atoms with van der Waals surface area (Å²) >= 11 is 0. The molecule has 0 fully saturated rings. The normalized spacial score (nSPS) is 16.2. The van der Waals surface area contributed by atoms with Gasteiger partial charge in [0.05, 0.1) is 53.1 Å². The largest absolute Gasteiger partial charge is 0.478 e. The van der Waals surface area contributed by atoms with Crippen molar-refractivity contribution in [2.75, 3.05) is 28.2 Å². The number of halogens is 6. The molecule has 2 aliphatic heterocycles. The third-order valence-electron chi connectivity index (χ3n) is 9.26. The van der Waals surface area contributed by atoms with Gasteiger partial charge < -0.3 is 20.2 Å². The molecule has 21 heteroatoms. The lowest BCUT2D eigenvalue weighted by Crippen LogP contribution is -2.43. The van der Waals surface area contributed by atoms with E-state index in [1.807, 2.05) is 6.92 Å². The number of nitrogens with zero attached hydrogens (tertiary/aromatic N) is 7. The number of carbonyl (C=O) groups is 4. The molecule has 3 aromatic heterocycles. The monoisotopic (exact) mass is 850 g/mol. The fraction of sp³-hybridized carbons (Fsp3) is 0.270. The van der Waals surface area contributed by atoms with Crippen molar-refractivity contribution in [3.63, 3.8) is 0 Å². The molecule has 308 valence electrons. The summed E-state index contributed by atoms with van der Waals surface area (Å²) in [6.07, 6.45) is -3.50. The number of rotatable bonds is 5. The highest BCUT2D eigenvalue weighted by Gasteiger charge is 2.39. The molecule has 0 spiro atoms. The average Bonchev–Trinajstić information content (AvgIpc) is 3.78. The zero-order valence-corrected chi connectivity index (χ0v) is 33.0. The number of benzene rings is 2. The Labute approximate surface area is 340 Å². The van der Waals surface area contributed by atoms with Crippen LogP contribution in [-0.2, 0) is 12.4 Å². The highest BCUT2D eigenvalue weighted by Crippen LogP contribution is 2.37. The van der Waals surface area contributed by atoms with Crippen molar-refractivity contribution in [1.82, 2.24) is 24.5 Å². The molecule has 2 N–H and O–H groups in total. The second kappa shape index (κ2) is 16.9. The van der Waals surface area contributed by atoms with Crippen LogP contribution >= 0.6 is 27.0 Å². The topological polar surface area (TPSA) is 156 Å². The van der Waals surface area contributed by atoms with E-state index in [1.54, 1.807) is 25.3 Å². The average molecular weight is 851 g/mol. The number of aryl methyl sites for hydroxylation is 2. The number of hydrogen-bond acceptors (Lipinski definition) is 7. The first-order chi connectivity index (χ1) is 26.3. The molecular formula is C37H36F6N8O5S2. The van der Waals surface area contributed by atoms with E-state index in [0.29, 0.717) is 11.4 Å². The van der Waals surface area contributed by atoms with E-state index in [1.165, 1.54) is 69.7 Å². The number of anilines is 3. The lowest BCUT2D eigenvalue weighted by atomic mass is 10.0. The lowest BCUT2D eigenvalue weighted by molar-refractivity contribution is -0.138. The number of carboxylic acid groups (broad SMARTS) is 1. The summed E-state index contributed by atoms with van der Waals surface area (Å²) in [5, 5.41) is 20.0. The first-order valence-corrected chi connectivity index (χ1v) is 16.9. The first-order valence-electron chi connectivity index (χ1n) is 16.9. The second-order valence-corrected chi connectivity index (χ2v) is 13.2. The fourth-order valence-corrected chi connectivity index (χ4v) is 6.59. The molecule has 0 saturated heterocycles. The number of carboxylic acids is 1. The minimum absolute atomic E-state index is 0. The number of hydrogen-bond donors (Lipinski definition) is 2. The Morgan fingerprint density at radius 1 is 0.724 bits per heavy atom. The van der Waals surface area contributed by atoms with E-state index in [2.05, 4.69) is 20.5 Å². The fourth-order valence-electron chi connectivity index (χ4n) is 6.59. The predicted molar refractivity (Wildman–Crippen MR) is 210 cm³/mol. The second-order valence-electron chi connectivity index (χ2n) is 13.2. The summed E-state index contributed by atoms with van der Waals surface area (Å²) in [5.74, 6) is -2.93. The van der Waals surface area contributed by atoms with Gasteiger partial charge in [-0.25, -0.2) is 4.79 Å². The molecule has 0 bridgehead atoms. The van der Waals surface area contributed by atoms with Gasteiger partial charge in [-0.2, -0.15) is 63.5 Å². The van der Waals surface area contributed by atoms with Gasteiger partial charge in [-0.3, -0.25) is 28.7 Å². The van der Waals surface area contributed by atoms with Gasteiger partial charge in [-0.1, -0.05) is 0 Å². The van der Waals surface area contributed by atoms with Gasteiger partial charge in [0.2, 0.25) is 0 Å². The summed E-state index contributed by atoms with van der Waals surface area (Å²) in [6, 6.07) is 9.69. The summed E-state index contributed by atoms with van der Waals surface area (Å²) in [4.78, 5) is 56.6. The van der Waals surface area contributed by atoms with E-state index in [4.69, 9.17) is 0 Å². The van der Waals surface area contributed by atoms with E-state index in [-0.39, 0.29) is 91.5 Å². The molecule has 2 aliphatic rings. The molecule has 0 unspecified atom stereocenters. The van der Waals surface area contributed by atoms with Crippen molar-refractivity contribution < 1.29 is 50.6 Å². The van der Waals surface area contributed by atoms with Crippen LogP contribution in [0.1, 0.15) is 89.9 Å². The quantitative estimate of drug-likeness (QED) is 0.173. The number of carbonyl (C=O) groups excluding carboxylic acids is 3. The minimum atomic E-state index is -4.48. The van der Waals surface area contributed by atoms with Gasteiger partial charge in [0.15, 0.2) is 0 Å². The van der Waals surface area contributed by atoms with Crippen molar-refractivity contribution >= 4 is 67.7 Å². The van der Waals surface area contributed by atoms with Crippen LogP contribution in [0.5, 0.6) is 0 Å². The van der Waals surface area contributed by atoms with Crippen LogP contribution in [0.4, 0.5) is 43.4 Å². The highest BCUT2D eigenvalue weighted by molar-refractivity contribution is 7.59. The summed E-state index contributed by atoms with van der Waals surface area (Å²) in [6.45, 7) is 6.62. The Kier molecular flexibility index (Phi) is 13.1. The number of aromatic nitrogens is 5. The lowest BCUT2D eigenvalue weighted by Gasteiger charge is -2.32. The van der Waals surface area contributed by atoms with Crippen LogP contribution in [0.3, 0.4) is 0 Å². The van der Waals surface area contributed by atoms with Crippen LogP contribution in [-0.4, -0.2) is 66.4 Å². The van der Waals surface area contributed by atoms with Crippen molar-refractivity contribution in [3.05, 3.63) is 118 Å². The number of alkyl halides is 6. The van der Waals surface area contributed by atoms with Crippen LogP contribution in [0.15, 0.2) is 73.3 Å². The Bertz CT molecular complexity index is 2370. The van der Waals surface area contributed by atoms with E-state index in [0.717, 1.165) is 18.3 Å². The van der Waals surface area contributed by atoms with Crippen molar-refractivity contribution in [2.45, 2.75) is 52.1 Å². The maximum absolute atomic E-state index is 13.2. The van der Waals surface area contributed by atoms with Gasteiger partial charge in [-0.05, 0) is 87.4 Å². The Morgan fingerprint density at radius 3 is 1.57 bits per heavy atom. The number of nitrogens with one attached hydrogen (secondary N) is 1. The highest BCUT2D eigenvalue weighted by atomic mass is 32.1. The molecule has 2 aromatic carbocycles. The van der Waals surface area contributed by atoms with Gasteiger partial charge in [0.25, 0.3) is 17.7 Å². The molecule has 13 nitrogen and oxygen atoms in total. The van der Waals surface area contributed by atoms with E-state index < -0.39 is 47.2 Å². The minimum Gasteiger partial charge on any atom is -0.478 e. The Balaban J connectivity index is 0.000000253. The third kappa shape index (κ3) is 8.69. The number of fused-ring (bicyclic) bond motifs is 2. The molecule has 0 radical (unpaired) electrons. The Hall–Kier alpha value is -5.83. The van der Waals surface area contributed by atoms with Crippen LogP contribution in [0, 0.1) is 13.8 Å².